The summed E-state index contributed by atoms with van der Waals surface area (Å²) in [7, 11) is -7.40. The lowest BCUT2D eigenvalue weighted by Crippen LogP contribution is -2.41. The molecule has 0 aliphatic carbocycles. The van der Waals surface area contributed by atoms with Crippen LogP contribution >= 0.6 is 0 Å². The summed E-state index contributed by atoms with van der Waals surface area (Å²) in [6, 6.07) is 18.6. The molecule has 8 nitrogen and oxygen atoms in total. The molecule has 0 bridgehead atoms. The van der Waals surface area contributed by atoms with Crippen LogP contribution in [0, 0.1) is 6.92 Å². The van der Waals surface area contributed by atoms with Crippen LogP contribution in [0.5, 0.6) is 5.75 Å². The fourth-order valence-electron chi connectivity index (χ4n) is 3.53. The molecule has 10 heteroatoms. The van der Waals surface area contributed by atoms with E-state index in [1.54, 1.807) is 55.5 Å². The second-order valence-corrected chi connectivity index (χ2v) is 12.3. The van der Waals surface area contributed by atoms with Crippen LogP contribution in [0.15, 0.2) is 82.6 Å². The first-order valence-corrected chi connectivity index (χ1v) is 14.7. The molecular weight excluding hydrogens is 500 g/mol. The van der Waals surface area contributed by atoms with E-state index in [0.29, 0.717) is 23.6 Å². The summed E-state index contributed by atoms with van der Waals surface area (Å²) in [4.78, 5) is 13.2. The summed E-state index contributed by atoms with van der Waals surface area (Å²) in [6.07, 6.45) is 1.12. The Labute approximate surface area is 212 Å². The number of nitrogens with zero attached hydrogens (tertiary/aromatic N) is 1. The van der Waals surface area contributed by atoms with E-state index in [1.807, 2.05) is 13.8 Å². The van der Waals surface area contributed by atoms with Gasteiger partial charge < -0.3 is 10.1 Å². The molecule has 1 unspecified atom stereocenters. The van der Waals surface area contributed by atoms with Crippen molar-refractivity contribution in [2.45, 2.75) is 36.6 Å². The zero-order chi connectivity index (χ0) is 26.5. The van der Waals surface area contributed by atoms with Crippen molar-refractivity contribution >= 4 is 31.5 Å². The molecule has 0 heterocycles. The molecule has 0 aliphatic heterocycles. The van der Waals surface area contributed by atoms with E-state index >= 15 is 0 Å². The Morgan fingerprint density at radius 3 is 1.97 bits per heavy atom. The Hall–Kier alpha value is -3.37. The maximum absolute atomic E-state index is 13.6. The van der Waals surface area contributed by atoms with Gasteiger partial charge in [0.1, 0.15) is 12.3 Å². The topological polar surface area (TPSA) is 110 Å². The first kappa shape index (κ1) is 27.2. The minimum Gasteiger partial charge on any atom is -0.494 e. The number of amides is 1. The van der Waals surface area contributed by atoms with Gasteiger partial charge in [-0.3, -0.25) is 9.10 Å². The van der Waals surface area contributed by atoms with Crippen LogP contribution in [0.1, 0.15) is 31.0 Å². The Bertz CT molecular complexity index is 1400. The molecule has 3 aromatic carbocycles. The number of benzene rings is 3. The summed E-state index contributed by atoms with van der Waals surface area (Å²) in [5.74, 6) is 0.0385. The number of nitrogens with one attached hydrogen (secondary N) is 1. The first-order chi connectivity index (χ1) is 16.9. The van der Waals surface area contributed by atoms with E-state index in [9.17, 15) is 21.6 Å². The highest BCUT2D eigenvalue weighted by Gasteiger charge is 2.28. The van der Waals surface area contributed by atoms with E-state index in [0.717, 1.165) is 16.1 Å². The molecule has 0 fully saturated rings. The molecule has 1 amide bonds. The molecule has 3 rings (SSSR count). The molecule has 3 aromatic rings. The Morgan fingerprint density at radius 2 is 1.44 bits per heavy atom. The predicted molar refractivity (Wildman–Crippen MR) is 139 cm³/mol. The lowest BCUT2D eigenvalue weighted by molar-refractivity contribution is -0.120. The molecule has 0 radical (unpaired) electrons. The van der Waals surface area contributed by atoms with Gasteiger partial charge in [-0.25, -0.2) is 16.8 Å². The summed E-state index contributed by atoms with van der Waals surface area (Å²) >= 11 is 0. The molecule has 1 atom stereocenters. The Kier molecular flexibility index (Phi) is 8.42. The van der Waals surface area contributed by atoms with Gasteiger partial charge in [0.15, 0.2) is 9.84 Å². The van der Waals surface area contributed by atoms with Gasteiger partial charge in [-0.2, -0.15) is 0 Å². The standard InChI is InChI=1S/C26H30N2O6S2/c1-5-34-23-12-16-25(17-13-23)36(32,33)28(22-10-6-19(2)7-11-22)18-26(29)27-20(3)21-8-14-24(15-9-21)35(4,30)31/h6-17,20H,5,18H2,1-4H3,(H,27,29). The van der Waals surface area contributed by atoms with Crippen LogP contribution in [-0.2, 0) is 24.7 Å². The maximum Gasteiger partial charge on any atom is 0.264 e. The summed E-state index contributed by atoms with van der Waals surface area (Å²) in [5.41, 5.74) is 1.99. The highest BCUT2D eigenvalue weighted by Crippen LogP contribution is 2.26. The normalized spacial score (nSPS) is 12.6. The van der Waals surface area contributed by atoms with E-state index in [4.69, 9.17) is 4.74 Å². The van der Waals surface area contributed by atoms with Gasteiger partial charge in [-0.15, -0.1) is 0 Å². The maximum atomic E-state index is 13.6. The monoisotopic (exact) mass is 530 g/mol. The van der Waals surface area contributed by atoms with E-state index in [1.165, 1.54) is 24.3 Å². The van der Waals surface area contributed by atoms with E-state index in [2.05, 4.69) is 5.32 Å². The molecule has 0 aliphatic rings. The van der Waals surface area contributed by atoms with Gasteiger partial charge in [0.2, 0.25) is 5.91 Å². The van der Waals surface area contributed by atoms with Crippen molar-refractivity contribution in [1.82, 2.24) is 5.32 Å². The molecule has 0 spiro atoms. The van der Waals surface area contributed by atoms with Crippen LogP contribution < -0.4 is 14.4 Å². The zero-order valence-corrected chi connectivity index (χ0v) is 22.3. The van der Waals surface area contributed by atoms with Crippen molar-refractivity contribution in [3.63, 3.8) is 0 Å². The van der Waals surface area contributed by atoms with Crippen LogP contribution in [0.25, 0.3) is 0 Å². The van der Waals surface area contributed by atoms with Crippen molar-refractivity contribution < 1.29 is 26.4 Å². The number of carbonyl (C=O) groups excluding carboxylic acids is 1. The second kappa shape index (κ2) is 11.1. The number of hydrogen-bond acceptors (Lipinski definition) is 6. The number of carbonyl (C=O) groups is 1. The molecule has 0 aromatic heterocycles. The van der Waals surface area contributed by atoms with Crippen LogP contribution in [0.3, 0.4) is 0 Å². The smallest absolute Gasteiger partial charge is 0.264 e. The number of anilines is 1. The third kappa shape index (κ3) is 6.64. The number of aryl methyl sites for hydroxylation is 1. The fraction of sp³-hybridized carbons (Fsp3) is 0.269. The van der Waals surface area contributed by atoms with Gasteiger partial charge in [0, 0.05) is 6.26 Å². The van der Waals surface area contributed by atoms with Gasteiger partial charge in [-0.1, -0.05) is 29.8 Å². The fourth-order valence-corrected chi connectivity index (χ4v) is 5.58. The van der Waals surface area contributed by atoms with Crippen molar-refractivity contribution in [2.24, 2.45) is 0 Å². The summed E-state index contributed by atoms with van der Waals surface area (Å²) < 4.78 is 57.0. The zero-order valence-electron chi connectivity index (χ0n) is 20.6. The molecule has 1 N–H and O–H groups in total. The third-order valence-corrected chi connectivity index (χ3v) is 8.43. The van der Waals surface area contributed by atoms with Gasteiger partial charge in [0.05, 0.1) is 28.1 Å². The number of sulfonamides is 1. The van der Waals surface area contributed by atoms with Gasteiger partial charge in [0.25, 0.3) is 10.0 Å². The number of hydrogen-bond donors (Lipinski definition) is 1. The van der Waals surface area contributed by atoms with Crippen molar-refractivity contribution in [2.75, 3.05) is 23.7 Å². The number of rotatable bonds is 10. The highest BCUT2D eigenvalue weighted by atomic mass is 32.2. The SMILES string of the molecule is CCOc1ccc(S(=O)(=O)N(CC(=O)NC(C)c2ccc(S(C)(=O)=O)cc2)c2ccc(C)cc2)cc1. The van der Waals surface area contributed by atoms with Crippen molar-refractivity contribution in [3.8, 4) is 5.75 Å². The minimum absolute atomic E-state index is 0.0312. The van der Waals surface area contributed by atoms with E-state index in [-0.39, 0.29) is 9.79 Å². The second-order valence-electron chi connectivity index (χ2n) is 8.38. The molecule has 0 saturated carbocycles. The lowest BCUT2D eigenvalue weighted by atomic mass is 10.1. The Morgan fingerprint density at radius 1 is 0.889 bits per heavy atom. The molecule has 36 heavy (non-hydrogen) atoms. The predicted octanol–water partition coefficient (Wildman–Crippen LogP) is 3.87. The van der Waals surface area contributed by atoms with Crippen molar-refractivity contribution in [1.29, 1.82) is 0 Å². The molecule has 0 saturated heterocycles. The van der Waals surface area contributed by atoms with Gasteiger partial charge >= 0.3 is 0 Å². The summed E-state index contributed by atoms with van der Waals surface area (Å²) in [5, 5.41) is 2.80. The molecule has 192 valence electrons. The number of sulfone groups is 1. The number of ether oxygens (including phenoxy) is 1. The largest absolute Gasteiger partial charge is 0.494 e. The van der Waals surface area contributed by atoms with E-state index < -0.39 is 38.4 Å². The molecular formula is C26H30N2O6S2. The van der Waals surface area contributed by atoms with Crippen LogP contribution in [0.2, 0.25) is 0 Å². The third-order valence-electron chi connectivity index (χ3n) is 5.52. The van der Waals surface area contributed by atoms with Crippen LogP contribution in [-0.4, -0.2) is 42.2 Å². The first-order valence-electron chi connectivity index (χ1n) is 11.3. The minimum atomic E-state index is -4.07. The summed E-state index contributed by atoms with van der Waals surface area (Å²) in [6.45, 7) is 5.48. The highest BCUT2D eigenvalue weighted by molar-refractivity contribution is 7.93. The Balaban J connectivity index is 1.85. The average Bonchev–Trinajstić information content (AvgIpc) is 2.83. The lowest BCUT2D eigenvalue weighted by Gasteiger charge is -2.25. The van der Waals surface area contributed by atoms with Crippen molar-refractivity contribution in [3.05, 3.63) is 83.9 Å². The average molecular weight is 531 g/mol. The van der Waals surface area contributed by atoms with Crippen LogP contribution in [0.4, 0.5) is 5.69 Å². The van der Waals surface area contributed by atoms with Gasteiger partial charge in [-0.05, 0) is 74.9 Å². The quantitative estimate of drug-likeness (QED) is 0.426.